The van der Waals surface area contributed by atoms with Gasteiger partial charge in [0.2, 0.25) is 0 Å². The summed E-state index contributed by atoms with van der Waals surface area (Å²) in [6.07, 6.45) is 3.97. The van der Waals surface area contributed by atoms with Gasteiger partial charge in [0, 0.05) is 22.5 Å². The summed E-state index contributed by atoms with van der Waals surface area (Å²) in [5, 5.41) is 5.02. The van der Waals surface area contributed by atoms with E-state index in [1.165, 1.54) is 29.0 Å². The average molecular weight is 309 g/mol. The molecule has 1 aromatic carbocycles. The van der Waals surface area contributed by atoms with Gasteiger partial charge in [-0.05, 0) is 37.5 Å². The molecular weight excluding hydrogens is 296 g/mol. The van der Waals surface area contributed by atoms with E-state index in [9.17, 15) is 0 Å². The van der Waals surface area contributed by atoms with Crippen molar-refractivity contribution in [2.45, 2.75) is 37.3 Å². The minimum absolute atomic E-state index is 0.657. The maximum Gasteiger partial charge on any atom is 0.0985 e. The van der Waals surface area contributed by atoms with Crippen LogP contribution in [0, 0.1) is 0 Å². The van der Waals surface area contributed by atoms with Gasteiger partial charge >= 0.3 is 0 Å². The summed E-state index contributed by atoms with van der Waals surface area (Å²) < 4.78 is 2.43. The van der Waals surface area contributed by atoms with Gasteiger partial charge in [-0.1, -0.05) is 15.9 Å². The van der Waals surface area contributed by atoms with Crippen LogP contribution in [0.3, 0.4) is 0 Å². The monoisotopic (exact) mass is 308 g/mol. The van der Waals surface area contributed by atoms with Crippen molar-refractivity contribution in [1.82, 2.24) is 10.3 Å². The molecule has 88 valence electrons. The van der Waals surface area contributed by atoms with Crippen molar-refractivity contribution in [3.05, 3.63) is 27.7 Å². The quantitative estimate of drug-likeness (QED) is 0.869. The molecule has 0 spiro atoms. The van der Waals surface area contributed by atoms with Gasteiger partial charge in [-0.3, -0.25) is 0 Å². The van der Waals surface area contributed by atoms with Crippen LogP contribution in [-0.4, -0.2) is 17.1 Å². The molecule has 0 saturated carbocycles. The highest BCUT2D eigenvalue weighted by Gasteiger charge is 2.41. The minimum Gasteiger partial charge on any atom is -0.311 e. The van der Waals surface area contributed by atoms with Gasteiger partial charge in [0.15, 0.2) is 0 Å². The predicted octanol–water partition coefficient (Wildman–Crippen LogP) is 3.67. The second-order valence-corrected chi connectivity index (χ2v) is 7.03. The van der Waals surface area contributed by atoms with Crippen molar-refractivity contribution >= 4 is 37.5 Å². The summed E-state index contributed by atoms with van der Waals surface area (Å²) in [4.78, 5) is 4.82. The van der Waals surface area contributed by atoms with E-state index in [0.29, 0.717) is 12.0 Å². The lowest BCUT2D eigenvalue weighted by Gasteiger charge is -2.16. The lowest BCUT2D eigenvalue weighted by Crippen LogP contribution is -2.21. The smallest absolute Gasteiger partial charge is 0.0985 e. The first kappa shape index (κ1) is 10.5. The van der Waals surface area contributed by atoms with Crippen molar-refractivity contribution < 1.29 is 0 Å². The molecule has 2 bridgehead atoms. The number of hydrogen-bond acceptors (Lipinski definition) is 3. The zero-order valence-corrected chi connectivity index (χ0v) is 11.7. The van der Waals surface area contributed by atoms with Crippen molar-refractivity contribution in [2.75, 3.05) is 0 Å². The molecule has 4 heteroatoms. The van der Waals surface area contributed by atoms with Crippen molar-refractivity contribution in [2.24, 2.45) is 0 Å². The van der Waals surface area contributed by atoms with Gasteiger partial charge < -0.3 is 5.32 Å². The van der Waals surface area contributed by atoms with Crippen LogP contribution < -0.4 is 5.32 Å². The Balaban J connectivity index is 1.76. The second kappa shape index (κ2) is 3.77. The van der Waals surface area contributed by atoms with Crippen LogP contribution in [0.1, 0.15) is 30.2 Å². The summed E-state index contributed by atoms with van der Waals surface area (Å²) in [6, 6.07) is 7.83. The molecule has 2 fully saturated rings. The number of halogens is 1. The third kappa shape index (κ3) is 1.65. The van der Waals surface area contributed by atoms with Gasteiger partial charge in [0.05, 0.1) is 15.2 Å². The predicted molar refractivity (Wildman–Crippen MR) is 74.6 cm³/mol. The van der Waals surface area contributed by atoms with E-state index in [4.69, 9.17) is 4.98 Å². The summed E-state index contributed by atoms with van der Waals surface area (Å²) in [6.45, 7) is 0. The van der Waals surface area contributed by atoms with E-state index >= 15 is 0 Å². The first-order valence-corrected chi connectivity index (χ1v) is 7.72. The Morgan fingerprint density at radius 3 is 3.06 bits per heavy atom. The van der Waals surface area contributed by atoms with Crippen LogP contribution in [0.5, 0.6) is 0 Å². The van der Waals surface area contributed by atoms with Crippen molar-refractivity contribution in [1.29, 1.82) is 0 Å². The lowest BCUT2D eigenvalue weighted by molar-refractivity contribution is 0.505. The Labute approximate surface area is 113 Å². The first-order valence-electron chi connectivity index (χ1n) is 6.11. The fraction of sp³-hybridized carbons (Fsp3) is 0.462. The minimum atomic E-state index is 0.657. The van der Waals surface area contributed by atoms with Crippen molar-refractivity contribution in [3.63, 3.8) is 0 Å². The maximum absolute atomic E-state index is 4.82. The molecule has 3 atom stereocenters. The van der Waals surface area contributed by atoms with Crippen LogP contribution in [0.4, 0.5) is 0 Å². The Hall–Kier alpha value is -0.450. The van der Waals surface area contributed by atoms with E-state index in [1.807, 2.05) is 11.3 Å². The number of nitrogens with one attached hydrogen (secondary N) is 1. The highest BCUT2D eigenvalue weighted by molar-refractivity contribution is 9.10. The molecule has 0 aliphatic carbocycles. The number of hydrogen-bond donors (Lipinski definition) is 1. The average Bonchev–Trinajstić information content (AvgIpc) is 3.01. The molecule has 0 radical (unpaired) electrons. The molecule has 2 saturated heterocycles. The molecule has 2 aliphatic rings. The Morgan fingerprint density at radius 2 is 2.29 bits per heavy atom. The summed E-state index contributed by atoms with van der Waals surface area (Å²) in [5.41, 5.74) is 1.14. The third-order valence-electron chi connectivity index (χ3n) is 3.98. The SMILES string of the molecule is Brc1ccc2sc(C3CC4CCC3N4)nc2c1. The van der Waals surface area contributed by atoms with Crippen LogP contribution in [0.2, 0.25) is 0 Å². The lowest BCUT2D eigenvalue weighted by atomic mass is 9.90. The number of nitrogens with zero attached hydrogens (tertiary/aromatic N) is 1. The fourth-order valence-electron chi connectivity index (χ4n) is 3.17. The number of rotatable bonds is 1. The van der Waals surface area contributed by atoms with Gasteiger partial charge in [-0.25, -0.2) is 4.98 Å². The third-order valence-corrected chi connectivity index (χ3v) is 5.64. The molecular formula is C13H13BrN2S. The second-order valence-electron chi connectivity index (χ2n) is 5.05. The number of aromatic nitrogens is 1. The zero-order chi connectivity index (χ0) is 11.4. The van der Waals surface area contributed by atoms with Crippen LogP contribution in [-0.2, 0) is 0 Å². The molecule has 17 heavy (non-hydrogen) atoms. The Bertz CT molecular complexity index is 580. The highest BCUT2D eigenvalue weighted by atomic mass is 79.9. The number of benzene rings is 1. The maximum atomic E-state index is 4.82. The molecule has 3 unspecified atom stereocenters. The molecule has 0 amide bonds. The van der Waals surface area contributed by atoms with E-state index in [1.54, 1.807) is 0 Å². The van der Waals surface area contributed by atoms with Crippen LogP contribution in [0.25, 0.3) is 10.2 Å². The van der Waals surface area contributed by atoms with Crippen LogP contribution >= 0.6 is 27.3 Å². The van der Waals surface area contributed by atoms with Gasteiger partial charge in [0.25, 0.3) is 0 Å². The molecule has 1 aromatic heterocycles. The van der Waals surface area contributed by atoms with Gasteiger partial charge in [-0.2, -0.15) is 0 Å². The summed E-state index contributed by atoms with van der Waals surface area (Å²) in [7, 11) is 0. The molecule has 3 heterocycles. The largest absolute Gasteiger partial charge is 0.311 e. The van der Waals surface area contributed by atoms with E-state index < -0.39 is 0 Å². The van der Waals surface area contributed by atoms with Gasteiger partial charge in [-0.15, -0.1) is 11.3 Å². The molecule has 2 nitrogen and oxygen atoms in total. The Morgan fingerprint density at radius 1 is 1.35 bits per heavy atom. The van der Waals surface area contributed by atoms with Crippen LogP contribution in [0.15, 0.2) is 22.7 Å². The molecule has 1 N–H and O–H groups in total. The fourth-order valence-corrected chi connectivity index (χ4v) is 4.65. The normalized spacial score (nSPS) is 31.5. The first-order chi connectivity index (χ1) is 8.29. The Kier molecular flexibility index (Phi) is 2.32. The standard InChI is InChI=1S/C13H13BrN2S/c14-7-1-4-12-11(5-7)16-13(17-12)9-6-8-2-3-10(9)15-8/h1,4-5,8-10,15H,2-3,6H2. The van der Waals surface area contributed by atoms with E-state index in [2.05, 4.69) is 39.4 Å². The van der Waals surface area contributed by atoms with E-state index in [-0.39, 0.29) is 0 Å². The topological polar surface area (TPSA) is 24.9 Å². The highest BCUT2D eigenvalue weighted by Crippen LogP contribution is 2.42. The van der Waals surface area contributed by atoms with Gasteiger partial charge in [0.1, 0.15) is 0 Å². The van der Waals surface area contributed by atoms with Crippen molar-refractivity contribution in [3.8, 4) is 0 Å². The summed E-state index contributed by atoms with van der Waals surface area (Å²) >= 11 is 5.38. The molecule has 2 aromatic rings. The molecule has 4 rings (SSSR count). The molecule has 2 aliphatic heterocycles. The summed E-state index contributed by atoms with van der Waals surface area (Å²) in [5.74, 6) is 0.657. The zero-order valence-electron chi connectivity index (χ0n) is 9.32. The number of fused-ring (bicyclic) bond motifs is 3. The van der Waals surface area contributed by atoms with E-state index in [0.717, 1.165) is 16.0 Å². The number of thiazole rings is 1.